The predicted molar refractivity (Wildman–Crippen MR) is 175 cm³/mol. The molecular formula is C34H47N5O5S. The number of amidine groups is 1. The van der Waals surface area contributed by atoms with Crippen LogP contribution in [0.1, 0.15) is 76.3 Å². The highest BCUT2D eigenvalue weighted by molar-refractivity contribution is 7.09. The van der Waals surface area contributed by atoms with Gasteiger partial charge in [-0.25, -0.2) is 9.79 Å². The minimum Gasteiger partial charge on any atom is -0.455 e. The molecule has 0 radical (unpaired) electrons. The number of amides is 2. The normalized spacial score (nSPS) is 26.1. The number of nitrogens with one attached hydrogen (secondary N) is 1. The number of carbonyl (C=O) groups excluding carboxylic acids is 3. The Labute approximate surface area is 270 Å². The Bertz CT molecular complexity index is 1340. The van der Waals surface area contributed by atoms with E-state index in [-0.39, 0.29) is 42.3 Å². The van der Waals surface area contributed by atoms with E-state index in [4.69, 9.17) is 20.2 Å². The summed E-state index contributed by atoms with van der Waals surface area (Å²) >= 11 is 1.62. The number of aryl methyl sites for hydroxylation is 1. The Morgan fingerprint density at radius 2 is 1.82 bits per heavy atom. The fourth-order valence-electron chi connectivity index (χ4n) is 6.47. The standard InChI is InChI=1S/C34H47N5O5S/c1-22-30(24-9-6-5-7-10-24)43-32(36-22)38-18-19-39(27(21-38)28(40)17-16-26-11-8-20-45-26)31(41)29(23-12-14-25(35)15-13-23)37-33(42)44-34(2,3)4/h5-11,20,22-23,25,27,29-30H,12-19,21,35H2,1-4H3,(H,37,42)/t22-,23?,25?,27-,29+,30+/m0/s1. The first-order valence-electron chi connectivity index (χ1n) is 16.1. The minimum absolute atomic E-state index is 0.0191. The van der Waals surface area contributed by atoms with Crippen molar-refractivity contribution < 1.29 is 23.9 Å². The molecule has 2 fully saturated rings. The molecule has 1 aliphatic carbocycles. The molecule has 1 aromatic heterocycles. The molecule has 1 aromatic carbocycles. The fraction of sp³-hybridized carbons (Fsp3) is 0.588. The SMILES string of the molecule is C[C@@H]1N=C(N2CCN(C(=O)[C@H](NC(=O)OC(C)(C)C)C3CCC(N)CC3)[C@H](C(=O)CCc3cccs3)C2)O[C@H]1c1ccccc1. The quantitative estimate of drug-likeness (QED) is 0.430. The third kappa shape index (κ3) is 8.43. The number of nitrogens with two attached hydrogens (primary N) is 1. The molecule has 10 nitrogen and oxygen atoms in total. The first-order valence-corrected chi connectivity index (χ1v) is 17.0. The van der Waals surface area contributed by atoms with Crippen molar-refractivity contribution in [3.63, 3.8) is 0 Å². The Kier molecular flexibility index (Phi) is 10.5. The number of thiophene rings is 1. The number of rotatable bonds is 8. The van der Waals surface area contributed by atoms with Gasteiger partial charge in [0.1, 0.15) is 23.8 Å². The molecule has 0 spiro atoms. The van der Waals surface area contributed by atoms with Crippen LogP contribution in [-0.2, 0) is 25.5 Å². The maximum atomic E-state index is 14.4. The van der Waals surface area contributed by atoms with E-state index in [1.807, 2.05) is 59.7 Å². The lowest BCUT2D eigenvalue weighted by Gasteiger charge is -2.43. The molecule has 3 N–H and O–H groups in total. The molecule has 244 valence electrons. The van der Waals surface area contributed by atoms with Crippen molar-refractivity contribution in [3.8, 4) is 0 Å². The van der Waals surface area contributed by atoms with Crippen LogP contribution >= 0.6 is 11.3 Å². The predicted octanol–water partition coefficient (Wildman–Crippen LogP) is 4.69. The van der Waals surface area contributed by atoms with E-state index in [0.29, 0.717) is 44.8 Å². The lowest BCUT2D eigenvalue weighted by molar-refractivity contribution is -0.145. The van der Waals surface area contributed by atoms with Gasteiger partial charge in [0, 0.05) is 37.0 Å². The van der Waals surface area contributed by atoms with Crippen LogP contribution in [-0.4, -0.2) is 83.0 Å². The summed E-state index contributed by atoms with van der Waals surface area (Å²) in [5.41, 5.74) is 6.52. The first-order chi connectivity index (χ1) is 21.5. The number of Topliss-reactive ketones (excluding diaryl/α,β-unsaturated/α-hetero) is 1. The summed E-state index contributed by atoms with van der Waals surface area (Å²) in [7, 11) is 0. The molecule has 2 aromatic rings. The molecule has 45 heavy (non-hydrogen) atoms. The Balaban J connectivity index is 1.36. The van der Waals surface area contributed by atoms with Crippen LogP contribution in [0.15, 0.2) is 52.8 Å². The Morgan fingerprint density at radius 3 is 2.49 bits per heavy atom. The number of carbonyl (C=O) groups is 3. The van der Waals surface area contributed by atoms with Crippen molar-refractivity contribution in [2.45, 2.75) is 102 Å². The van der Waals surface area contributed by atoms with E-state index in [0.717, 1.165) is 23.3 Å². The van der Waals surface area contributed by atoms with Crippen molar-refractivity contribution >= 4 is 35.1 Å². The third-order valence-electron chi connectivity index (χ3n) is 8.84. The topological polar surface area (TPSA) is 127 Å². The van der Waals surface area contributed by atoms with Crippen molar-refractivity contribution in [2.24, 2.45) is 16.6 Å². The first kappa shape index (κ1) is 32.9. The summed E-state index contributed by atoms with van der Waals surface area (Å²) in [6.45, 7) is 8.44. The summed E-state index contributed by atoms with van der Waals surface area (Å²) in [6.07, 6.45) is 3.06. The zero-order chi connectivity index (χ0) is 32.1. The van der Waals surface area contributed by atoms with Gasteiger partial charge in [0.05, 0.1) is 6.04 Å². The molecule has 11 heteroatoms. The fourth-order valence-corrected chi connectivity index (χ4v) is 7.18. The van der Waals surface area contributed by atoms with Gasteiger partial charge in [-0.05, 0) is 82.7 Å². The number of benzene rings is 1. The molecule has 3 aliphatic rings. The number of hydrogen-bond donors (Lipinski definition) is 2. The number of alkyl carbamates (subject to hydrolysis) is 1. The van der Waals surface area contributed by atoms with Gasteiger partial charge in [-0.2, -0.15) is 0 Å². The van der Waals surface area contributed by atoms with Crippen LogP contribution in [0, 0.1) is 5.92 Å². The molecule has 0 bridgehead atoms. The van der Waals surface area contributed by atoms with Crippen molar-refractivity contribution in [3.05, 3.63) is 58.3 Å². The number of ketones is 1. The number of ether oxygens (including phenoxy) is 2. The molecule has 1 saturated heterocycles. The van der Waals surface area contributed by atoms with Crippen LogP contribution in [0.2, 0.25) is 0 Å². The monoisotopic (exact) mass is 637 g/mol. The number of aliphatic imine (C=N–C) groups is 1. The van der Waals surface area contributed by atoms with Crippen LogP contribution in [0.5, 0.6) is 0 Å². The minimum atomic E-state index is -0.811. The largest absolute Gasteiger partial charge is 0.455 e. The van der Waals surface area contributed by atoms with Gasteiger partial charge in [0.15, 0.2) is 5.78 Å². The number of nitrogens with zero attached hydrogens (tertiary/aromatic N) is 3. The second-order valence-corrected chi connectivity index (χ2v) is 14.5. The van der Waals surface area contributed by atoms with Gasteiger partial charge in [-0.15, -0.1) is 11.3 Å². The van der Waals surface area contributed by atoms with E-state index in [1.165, 1.54) is 0 Å². The number of piperazine rings is 1. The van der Waals surface area contributed by atoms with Crippen LogP contribution in [0.3, 0.4) is 0 Å². The maximum Gasteiger partial charge on any atom is 0.408 e. The van der Waals surface area contributed by atoms with E-state index >= 15 is 0 Å². The maximum absolute atomic E-state index is 14.4. The molecule has 4 atom stereocenters. The lowest BCUT2D eigenvalue weighted by atomic mass is 9.81. The zero-order valence-electron chi connectivity index (χ0n) is 26.8. The second kappa shape index (κ2) is 14.3. The van der Waals surface area contributed by atoms with Gasteiger partial charge in [-0.3, -0.25) is 9.59 Å². The van der Waals surface area contributed by atoms with Crippen LogP contribution in [0.25, 0.3) is 0 Å². The average molecular weight is 638 g/mol. The van der Waals surface area contributed by atoms with Gasteiger partial charge in [0.25, 0.3) is 6.02 Å². The van der Waals surface area contributed by atoms with Crippen molar-refractivity contribution in [2.75, 3.05) is 19.6 Å². The number of hydrogen-bond acceptors (Lipinski definition) is 9. The van der Waals surface area contributed by atoms with Crippen LogP contribution in [0.4, 0.5) is 4.79 Å². The van der Waals surface area contributed by atoms with E-state index < -0.39 is 23.8 Å². The van der Waals surface area contributed by atoms with Gasteiger partial charge in [0.2, 0.25) is 5.91 Å². The van der Waals surface area contributed by atoms with E-state index in [9.17, 15) is 14.4 Å². The van der Waals surface area contributed by atoms with E-state index in [2.05, 4.69) is 5.32 Å². The summed E-state index contributed by atoms with van der Waals surface area (Å²) in [5.74, 6) is -0.366. The van der Waals surface area contributed by atoms with Crippen molar-refractivity contribution in [1.82, 2.24) is 15.1 Å². The van der Waals surface area contributed by atoms with Crippen molar-refractivity contribution in [1.29, 1.82) is 0 Å². The molecule has 0 unspecified atom stereocenters. The van der Waals surface area contributed by atoms with Gasteiger partial charge >= 0.3 is 6.09 Å². The molecule has 2 aliphatic heterocycles. The summed E-state index contributed by atoms with van der Waals surface area (Å²) in [5, 5.41) is 4.90. The summed E-state index contributed by atoms with van der Waals surface area (Å²) in [4.78, 5) is 51.0. The smallest absolute Gasteiger partial charge is 0.408 e. The second-order valence-electron chi connectivity index (χ2n) is 13.4. The summed E-state index contributed by atoms with van der Waals surface area (Å²) in [6, 6.07) is 13.0. The highest BCUT2D eigenvalue weighted by Crippen LogP contribution is 2.32. The molecule has 5 rings (SSSR count). The highest BCUT2D eigenvalue weighted by Gasteiger charge is 2.44. The Hall–Kier alpha value is -3.44. The van der Waals surface area contributed by atoms with Crippen LogP contribution < -0.4 is 11.1 Å². The highest BCUT2D eigenvalue weighted by atomic mass is 32.1. The zero-order valence-corrected chi connectivity index (χ0v) is 27.6. The van der Waals surface area contributed by atoms with Gasteiger partial charge < -0.3 is 30.3 Å². The summed E-state index contributed by atoms with van der Waals surface area (Å²) < 4.78 is 11.9. The average Bonchev–Trinajstić information content (AvgIpc) is 3.68. The lowest BCUT2D eigenvalue weighted by Crippen LogP contribution is -2.64. The van der Waals surface area contributed by atoms with Gasteiger partial charge in [-0.1, -0.05) is 36.4 Å². The molecule has 2 amide bonds. The Morgan fingerprint density at radius 1 is 1.09 bits per heavy atom. The molecule has 1 saturated carbocycles. The van der Waals surface area contributed by atoms with E-state index in [1.54, 1.807) is 37.0 Å². The molecule has 3 heterocycles. The third-order valence-corrected chi connectivity index (χ3v) is 9.78. The molecular weight excluding hydrogens is 590 g/mol.